The van der Waals surface area contributed by atoms with Gasteiger partial charge in [0.2, 0.25) is 5.13 Å². The van der Waals surface area contributed by atoms with Crippen molar-refractivity contribution < 1.29 is 38.1 Å². The molecule has 0 saturated heterocycles. The van der Waals surface area contributed by atoms with E-state index >= 15 is 0 Å². The third-order valence-corrected chi connectivity index (χ3v) is 8.13. The van der Waals surface area contributed by atoms with Gasteiger partial charge in [-0.05, 0) is 105 Å². The van der Waals surface area contributed by atoms with E-state index in [0.29, 0.717) is 41.0 Å². The van der Waals surface area contributed by atoms with Crippen LogP contribution >= 0.6 is 11.3 Å². The lowest BCUT2D eigenvalue weighted by atomic mass is 10.2. The van der Waals surface area contributed by atoms with Crippen molar-refractivity contribution in [2.24, 2.45) is 5.10 Å². The zero-order valence-corrected chi connectivity index (χ0v) is 28.1. The molecule has 0 saturated carbocycles. The van der Waals surface area contributed by atoms with Gasteiger partial charge in [-0.2, -0.15) is 5.10 Å². The van der Waals surface area contributed by atoms with Gasteiger partial charge in [0.15, 0.2) is 0 Å². The number of carbonyl (C=O) groups excluding carboxylic acids is 3. The van der Waals surface area contributed by atoms with Crippen molar-refractivity contribution in [3.8, 4) is 23.0 Å². The van der Waals surface area contributed by atoms with Crippen LogP contribution in [0.5, 0.6) is 23.0 Å². The first kappa shape index (κ1) is 35.3. The summed E-state index contributed by atoms with van der Waals surface area (Å²) < 4.78 is 28.3. The standard InChI is InChI=1S/C38H35N3O8S/c1-3-35(42)47-23-9-5-4-8-22-46-29-16-12-26(13-17-29)36(43)48-30-18-14-27(15-19-30)37(44)49-33-21-20-31(45-2)24-28(33)25-39-41-38-40-32-10-6-7-11-34(32)50-38/h3,6-7,10-21,24-25H,1,4-5,8-9,22-23H2,2H3,(H,40,41)/b39-25+. The van der Waals surface area contributed by atoms with Crippen LogP contribution in [0.4, 0.5) is 5.13 Å². The van der Waals surface area contributed by atoms with Crippen LogP contribution in [0.15, 0.2) is 109 Å². The molecule has 0 unspecified atom stereocenters. The van der Waals surface area contributed by atoms with Gasteiger partial charge >= 0.3 is 17.9 Å². The minimum Gasteiger partial charge on any atom is -0.497 e. The number of rotatable bonds is 17. The third-order valence-electron chi connectivity index (χ3n) is 7.19. The first-order chi connectivity index (χ1) is 24.4. The first-order valence-electron chi connectivity index (χ1n) is 15.8. The summed E-state index contributed by atoms with van der Waals surface area (Å²) in [6, 6.07) is 25.5. The Hall–Kier alpha value is -6.01. The topological polar surface area (TPSA) is 135 Å². The van der Waals surface area contributed by atoms with Crippen LogP contribution < -0.4 is 24.4 Å². The van der Waals surface area contributed by atoms with Gasteiger partial charge in [-0.1, -0.05) is 30.0 Å². The van der Waals surface area contributed by atoms with E-state index in [4.69, 9.17) is 23.7 Å². The average molecular weight is 694 g/mol. The molecule has 0 bridgehead atoms. The Kier molecular flexibility index (Phi) is 12.7. The molecule has 4 aromatic carbocycles. The summed E-state index contributed by atoms with van der Waals surface area (Å²) >= 11 is 1.47. The molecule has 0 aliphatic carbocycles. The van der Waals surface area contributed by atoms with Gasteiger partial charge in [0, 0.05) is 11.6 Å². The lowest BCUT2D eigenvalue weighted by Gasteiger charge is -2.10. The molecule has 5 aromatic rings. The molecule has 0 aliphatic heterocycles. The number of nitrogens with one attached hydrogen (secondary N) is 1. The number of ether oxygens (including phenoxy) is 5. The molecule has 0 radical (unpaired) electrons. The third kappa shape index (κ3) is 10.2. The summed E-state index contributed by atoms with van der Waals surface area (Å²) in [5, 5.41) is 4.91. The molecule has 0 fully saturated rings. The smallest absolute Gasteiger partial charge is 0.343 e. The molecule has 256 valence electrons. The number of carbonyl (C=O) groups is 3. The molecule has 0 aliphatic rings. The second-order valence-corrected chi connectivity index (χ2v) is 11.8. The second-order valence-electron chi connectivity index (χ2n) is 10.7. The van der Waals surface area contributed by atoms with Crippen LogP contribution in [0.1, 0.15) is 52.0 Å². The molecular formula is C38H35N3O8S. The number of hydrogen-bond acceptors (Lipinski definition) is 12. The summed E-state index contributed by atoms with van der Waals surface area (Å²) in [5.41, 5.74) is 4.91. The van der Waals surface area contributed by atoms with E-state index < -0.39 is 17.9 Å². The summed E-state index contributed by atoms with van der Waals surface area (Å²) in [4.78, 5) is 41.3. The number of thiazole rings is 1. The van der Waals surface area contributed by atoms with Crippen molar-refractivity contribution in [3.63, 3.8) is 0 Å². The van der Waals surface area contributed by atoms with Crippen molar-refractivity contribution in [3.05, 3.63) is 120 Å². The van der Waals surface area contributed by atoms with E-state index in [1.165, 1.54) is 41.8 Å². The van der Waals surface area contributed by atoms with Crippen LogP contribution in [-0.4, -0.2) is 49.4 Å². The quantitative estimate of drug-likeness (QED) is 0.0256. The van der Waals surface area contributed by atoms with E-state index in [2.05, 4.69) is 22.1 Å². The number of anilines is 1. The monoisotopic (exact) mass is 693 g/mol. The van der Waals surface area contributed by atoms with Crippen molar-refractivity contribution in [1.82, 2.24) is 4.98 Å². The van der Waals surface area contributed by atoms with Crippen LogP contribution in [0.3, 0.4) is 0 Å². The SMILES string of the molecule is C=CC(=O)OCCCCCCOc1ccc(C(=O)Oc2ccc(C(=O)Oc3ccc(OC)cc3/C=N/Nc3nc4ccccc4s3)cc2)cc1. The number of hydrogen-bond donors (Lipinski definition) is 1. The summed E-state index contributed by atoms with van der Waals surface area (Å²) in [7, 11) is 1.54. The largest absolute Gasteiger partial charge is 0.497 e. The number of hydrazone groups is 1. The van der Waals surface area contributed by atoms with Gasteiger partial charge < -0.3 is 23.7 Å². The average Bonchev–Trinajstić information content (AvgIpc) is 3.56. The first-order valence-corrected chi connectivity index (χ1v) is 16.6. The normalized spacial score (nSPS) is 10.8. The second kappa shape index (κ2) is 17.9. The molecule has 0 spiro atoms. The lowest BCUT2D eigenvalue weighted by molar-refractivity contribution is -0.137. The van der Waals surface area contributed by atoms with Gasteiger partial charge in [-0.25, -0.2) is 19.4 Å². The summed E-state index contributed by atoms with van der Waals surface area (Å²) in [5.74, 6) is 0.182. The van der Waals surface area contributed by atoms with Gasteiger partial charge in [0.1, 0.15) is 23.0 Å². The van der Waals surface area contributed by atoms with E-state index in [9.17, 15) is 14.4 Å². The Morgan fingerprint density at radius 1 is 0.800 bits per heavy atom. The van der Waals surface area contributed by atoms with E-state index in [1.807, 2.05) is 24.3 Å². The zero-order chi connectivity index (χ0) is 35.1. The molecule has 50 heavy (non-hydrogen) atoms. The Morgan fingerprint density at radius 3 is 2.16 bits per heavy atom. The lowest BCUT2D eigenvalue weighted by Crippen LogP contribution is -2.11. The van der Waals surface area contributed by atoms with Gasteiger partial charge in [-0.3, -0.25) is 5.43 Å². The maximum atomic E-state index is 13.0. The van der Waals surface area contributed by atoms with Crippen molar-refractivity contribution in [1.29, 1.82) is 0 Å². The van der Waals surface area contributed by atoms with Gasteiger partial charge in [0.25, 0.3) is 0 Å². The van der Waals surface area contributed by atoms with E-state index in [0.717, 1.165) is 42.0 Å². The number of benzene rings is 4. The van der Waals surface area contributed by atoms with Gasteiger partial charge in [0.05, 0.1) is 47.9 Å². The fourth-order valence-corrected chi connectivity index (χ4v) is 5.39. The fourth-order valence-electron chi connectivity index (χ4n) is 4.57. The van der Waals surface area contributed by atoms with Crippen LogP contribution in [0, 0.1) is 0 Å². The summed E-state index contributed by atoms with van der Waals surface area (Å²) in [6.07, 6.45) is 6.17. The Bertz CT molecular complexity index is 1920. The maximum absolute atomic E-state index is 13.0. The number of esters is 3. The number of para-hydroxylation sites is 1. The van der Waals surface area contributed by atoms with Crippen LogP contribution in [0.2, 0.25) is 0 Å². The highest BCUT2D eigenvalue weighted by atomic mass is 32.1. The Balaban J connectivity index is 1.09. The molecule has 1 heterocycles. The minimum absolute atomic E-state index is 0.258. The molecular weight excluding hydrogens is 658 g/mol. The van der Waals surface area contributed by atoms with Crippen molar-refractivity contribution >= 4 is 50.8 Å². The molecule has 1 aromatic heterocycles. The van der Waals surface area contributed by atoms with Crippen LogP contribution in [-0.2, 0) is 9.53 Å². The summed E-state index contributed by atoms with van der Waals surface area (Å²) in [6.45, 7) is 4.27. The number of unbranched alkanes of at least 4 members (excludes halogenated alkanes) is 3. The molecule has 5 rings (SSSR count). The fraction of sp³-hybridized carbons (Fsp3) is 0.184. The number of fused-ring (bicyclic) bond motifs is 1. The Labute approximate surface area is 293 Å². The predicted octanol–water partition coefficient (Wildman–Crippen LogP) is 7.86. The van der Waals surface area contributed by atoms with E-state index in [-0.39, 0.29) is 17.1 Å². The number of nitrogens with zero attached hydrogens (tertiary/aromatic N) is 2. The highest BCUT2D eigenvalue weighted by Crippen LogP contribution is 2.27. The van der Waals surface area contributed by atoms with E-state index in [1.54, 1.807) is 49.6 Å². The van der Waals surface area contributed by atoms with Crippen LogP contribution in [0.25, 0.3) is 10.2 Å². The highest BCUT2D eigenvalue weighted by Gasteiger charge is 2.14. The van der Waals surface area contributed by atoms with Crippen molar-refractivity contribution in [2.45, 2.75) is 25.7 Å². The molecule has 0 amide bonds. The predicted molar refractivity (Wildman–Crippen MR) is 192 cm³/mol. The number of methoxy groups -OCH3 is 1. The maximum Gasteiger partial charge on any atom is 0.343 e. The molecule has 12 heteroatoms. The van der Waals surface area contributed by atoms with Gasteiger partial charge in [-0.15, -0.1) is 0 Å². The molecule has 1 N–H and O–H groups in total. The highest BCUT2D eigenvalue weighted by molar-refractivity contribution is 7.22. The minimum atomic E-state index is -0.605. The Morgan fingerprint density at radius 2 is 1.46 bits per heavy atom. The zero-order valence-electron chi connectivity index (χ0n) is 27.3. The molecule has 11 nitrogen and oxygen atoms in total. The van der Waals surface area contributed by atoms with Crippen molar-refractivity contribution in [2.75, 3.05) is 25.7 Å². The molecule has 0 atom stereocenters. The number of aromatic nitrogens is 1.